The van der Waals surface area contributed by atoms with Gasteiger partial charge in [-0.1, -0.05) is 26.8 Å². The van der Waals surface area contributed by atoms with Crippen molar-refractivity contribution in [3.05, 3.63) is 30.1 Å². The lowest BCUT2D eigenvalue weighted by Gasteiger charge is -2.35. The first-order chi connectivity index (χ1) is 7.89. The van der Waals surface area contributed by atoms with Crippen LogP contribution in [0.2, 0.25) is 0 Å². The molecule has 0 aromatic heterocycles. The van der Waals surface area contributed by atoms with Gasteiger partial charge in [-0.3, -0.25) is 4.99 Å². The Morgan fingerprint density at radius 2 is 2.12 bits per heavy atom. The SMILES string of the molecule is CC(C)(C)C1CN=C(N)N1c1cccc(F)c1. The van der Waals surface area contributed by atoms with E-state index in [0.717, 1.165) is 5.69 Å². The first-order valence-electron chi connectivity index (χ1n) is 5.74. The molecule has 0 saturated heterocycles. The molecule has 0 saturated carbocycles. The highest BCUT2D eigenvalue weighted by Crippen LogP contribution is 2.31. The summed E-state index contributed by atoms with van der Waals surface area (Å²) in [5.74, 6) is 0.213. The van der Waals surface area contributed by atoms with Crippen LogP contribution in [0.25, 0.3) is 0 Å². The van der Waals surface area contributed by atoms with Crippen LogP contribution in [0.5, 0.6) is 0 Å². The van der Waals surface area contributed by atoms with Gasteiger partial charge in [0.05, 0.1) is 12.6 Å². The lowest BCUT2D eigenvalue weighted by atomic mass is 9.86. The molecule has 1 aliphatic rings. The van der Waals surface area contributed by atoms with Crippen molar-refractivity contribution in [2.75, 3.05) is 11.4 Å². The van der Waals surface area contributed by atoms with Crippen molar-refractivity contribution in [2.45, 2.75) is 26.8 Å². The third-order valence-corrected chi connectivity index (χ3v) is 3.07. The average Bonchev–Trinajstić information content (AvgIpc) is 2.59. The maximum absolute atomic E-state index is 13.3. The molecule has 1 aliphatic heterocycles. The van der Waals surface area contributed by atoms with Gasteiger partial charge < -0.3 is 10.6 Å². The molecular formula is C13H18FN3. The molecule has 1 atom stereocenters. The maximum atomic E-state index is 13.3. The van der Waals surface area contributed by atoms with Crippen LogP contribution in [-0.4, -0.2) is 18.5 Å². The Balaban J connectivity index is 2.38. The number of hydrogen-bond donors (Lipinski definition) is 1. The number of halogens is 1. The molecule has 0 amide bonds. The Kier molecular flexibility index (Phi) is 2.81. The summed E-state index contributed by atoms with van der Waals surface area (Å²) >= 11 is 0. The minimum Gasteiger partial charge on any atom is -0.370 e. The van der Waals surface area contributed by atoms with Gasteiger partial charge in [0.15, 0.2) is 5.96 Å². The largest absolute Gasteiger partial charge is 0.370 e. The highest BCUT2D eigenvalue weighted by molar-refractivity contribution is 5.97. The summed E-state index contributed by atoms with van der Waals surface area (Å²) in [6.07, 6.45) is 0. The normalized spacial score (nSPS) is 20.6. The molecule has 3 nitrogen and oxygen atoms in total. The first-order valence-corrected chi connectivity index (χ1v) is 5.74. The van der Waals surface area contributed by atoms with Crippen LogP contribution in [0.1, 0.15) is 20.8 Å². The lowest BCUT2D eigenvalue weighted by molar-refractivity contribution is 0.336. The molecular weight excluding hydrogens is 217 g/mol. The molecule has 1 heterocycles. The summed E-state index contributed by atoms with van der Waals surface area (Å²) in [6.45, 7) is 7.07. The molecule has 0 spiro atoms. The smallest absolute Gasteiger partial charge is 0.196 e. The van der Waals surface area contributed by atoms with E-state index in [4.69, 9.17) is 5.73 Å². The van der Waals surface area contributed by atoms with E-state index >= 15 is 0 Å². The summed E-state index contributed by atoms with van der Waals surface area (Å²) in [5, 5.41) is 0. The van der Waals surface area contributed by atoms with Gasteiger partial charge in [0.25, 0.3) is 0 Å². The van der Waals surface area contributed by atoms with E-state index in [9.17, 15) is 4.39 Å². The number of nitrogens with zero attached hydrogens (tertiary/aromatic N) is 2. The van der Waals surface area contributed by atoms with Gasteiger partial charge in [-0.15, -0.1) is 0 Å². The van der Waals surface area contributed by atoms with E-state index in [1.54, 1.807) is 6.07 Å². The minimum atomic E-state index is -0.255. The molecule has 0 aliphatic carbocycles. The second kappa shape index (κ2) is 4.02. The molecule has 2 N–H and O–H groups in total. The van der Waals surface area contributed by atoms with Gasteiger partial charge in [0.1, 0.15) is 5.82 Å². The number of aliphatic imine (C=N–C) groups is 1. The van der Waals surface area contributed by atoms with Crippen LogP contribution < -0.4 is 10.6 Å². The summed E-state index contributed by atoms with van der Waals surface area (Å²) in [4.78, 5) is 6.19. The molecule has 0 fully saturated rings. The lowest BCUT2D eigenvalue weighted by Crippen LogP contribution is -2.47. The molecule has 17 heavy (non-hydrogen) atoms. The zero-order valence-corrected chi connectivity index (χ0v) is 10.4. The number of hydrogen-bond acceptors (Lipinski definition) is 3. The van der Waals surface area contributed by atoms with Gasteiger partial charge in [-0.25, -0.2) is 4.39 Å². The Bertz CT molecular complexity index is 448. The van der Waals surface area contributed by atoms with Crippen molar-refractivity contribution in [1.29, 1.82) is 0 Å². The van der Waals surface area contributed by atoms with Crippen molar-refractivity contribution < 1.29 is 4.39 Å². The monoisotopic (exact) mass is 235 g/mol. The van der Waals surface area contributed by atoms with Crippen molar-refractivity contribution in [3.63, 3.8) is 0 Å². The van der Waals surface area contributed by atoms with Crippen LogP contribution in [0.4, 0.5) is 10.1 Å². The van der Waals surface area contributed by atoms with E-state index < -0.39 is 0 Å². The molecule has 1 aromatic rings. The van der Waals surface area contributed by atoms with Crippen molar-refractivity contribution >= 4 is 11.6 Å². The molecule has 4 heteroatoms. The van der Waals surface area contributed by atoms with E-state index in [-0.39, 0.29) is 17.3 Å². The Morgan fingerprint density at radius 3 is 2.71 bits per heavy atom. The van der Waals surface area contributed by atoms with Crippen LogP contribution in [0, 0.1) is 11.2 Å². The van der Waals surface area contributed by atoms with Crippen molar-refractivity contribution in [3.8, 4) is 0 Å². The summed E-state index contributed by atoms with van der Waals surface area (Å²) in [5.41, 5.74) is 6.71. The van der Waals surface area contributed by atoms with E-state index in [1.165, 1.54) is 12.1 Å². The fourth-order valence-electron chi connectivity index (χ4n) is 2.10. The zero-order chi connectivity index (χ0) is 12.6. The number of guanidine groups is 1. The van der Waals surface area contributed by atoms with Crippen LogP contribution in [-0.2, 0) is 0 Å². The third-order valence-electron chi connectivity index (χ3n) is 3.07. The number of benzene rings is 1. The van der Waals surface area contributed by atoms with Gasteiger partial charge in [0.2, 0.25) is 0 Å². The Labute approximate surface area is 101 Å². The van der Waals surface area contributed by atoms with E-state index in [0.29, 0.717) is 12.5 Å². The summed E-state index contributed by atoms with van der Waals surface area (Å²) in [6, 6.07) is 6.64. The van der Waals surface area contributed by atoms with Gasteiger partial charge >= 0.3 is 0 Å². The number of rotatable bonds is 1. The minimum absolute atomic E-state index is 0.0386. The predicted octanol–water partition coefficient (Wildman–Crippen LogP) is 2.38. The maximum Gasteiger partial charge on any atom is 0.196 e. The fourth-order valence-corrected chi connectivity index (χ4v) is 2.10. The summed E-state index contributed by atoms with van der Waals surface area (Å²) < 4.78 is 13.3. The van der Waals surface area contributed by atoms with Gasteiger partial charge in [-0.05, 0) is 23.6 Å². The first kappa shape index (κ1) is 11.9. The molecule has 1 aromatic carbocycles. The standard InChI is InChI=1S/C13H18FN3/c1-13(2,3)11-8-16-12(15)17(11)10-6-4-5-9(14)7-10/h4-7,11H,8H2,1-3H3,(H2,15,16). The van der Waals surface area contributed by atoms with Gasteiger partial charge in [0, 0.05) is 5.69 Å². The van der Waals surface area contributed by atoms with Crippen LogP contribution in [0.15, 0.2) is 29.3 Å². The quantitative estimate of drug-likeness (QED) is 0.812. The molecule has 2 rings (SSSR count). The van der Waals surface area contributed by atoms with Crippen molar-refractivity contribution in [2.24, 2.45) is 16.1 Å². The molecule has 1 unspecified atom stereocenters. The molecule has 0 bridgehead atoms. The number of anilines is 1. The highest BCUT2D eigenvalue weighted by atomic mass is 19.1. The fraction of sp³-hybridized carbons (Fsp3) is 0.462. The zero-order valence-electron chi connectivity index (χ0n) is 10.4. The number of nitrogens with two attached hydrogens (primary N) is 1. The van der Waals surface area contributed by atoms with E-state index in [1.807, 2.05) is 11.0 Å². The molecule has 92 valence electrons. The highest BCUT2D eigenvalue weighted by Gasteiger charge is 2.36. The van der Waals surface area contributed by atoms with E-state index in [2.05, 4.69) is 25.8 Å². The summed E-state index contributed by atoms with van der Waals surface area (Å²) in [7, 11) is 0. The predicted molar refractivity (Wildman–Crippen MR) is 68.6 cm³/mol. The van der Waals surface area contributed by atoms with Crippen LogP contribution >= 0.6 is 0 Å². The van der Waals surface area contributed by atoms with Gasteiger partial charge in [-0.2, -0.15) is 0 Å². The Hall–Kier alpha value is -1.58. The second-order valence-corrected chi connectivity index (χ2v) is 5.43. The average molecular weight is 235 g/mol. The van der Waals surface area contributed by atoms with Crippen molar-refractivity contribution in [1.82, 2.24) is 0 Å². The van der Waals surface area contributed by atoms with Crippen LogP contribution in [0.3, 0.4) is 0 Å². The third kappa shape index (κ3) is 2.25. The Morgan fingerprint density at radius 1 is 1.41 bits per heavy atom. The topological polar surface area (TPSA) is 41.6 Å². The molecule has 0 radical (unpaired) electrons. The second-order valence-electron chi connectivity index (χ2n) is 5.43.